The first-order valence-corrected chi connectivity index (χ1v) is 21.2. The molecule has 282 valence electrons. The lowest BCUT2D eigenvalue weighted by Crippen LogP contribution is -1.94. The molecule has 1 heterocycles. The van der Waals surface area contributed by atoms with Gasteiger partial charge in [0, 0.05) is 16.5 Å². The van der Waals surface area contributed by atoms with Gasteiger partial charge in [0.15, 0.2) is 0 Å². The van der Waals surface area contributed by atoms with E-state index >= 15 is 0 Å². The highest BCUT2D eigenvalue weighted by Gasteiger charge is 2.21. The summed E-state index contributed by atoms with van der Waals surface area (Å²) >= 11 is 0. The molecule has 0 aliphatic carbocycles. The molecule has 1 aromatic heterocycles. The molecular weight excluding hydrogens is 735 g/mol. The first-order valence-electron chi connectivity index (χ1n) is 21.2. The van der Waals surface area contributed by atoms with E-state index in [4.69, 9.17) is 0 Å². The van der Waals surface area contributed by atoms with E-state index in [9.17, 15) is 0 Å². The summed E-state index contributed by atoms with van der Waals surface area (Å²) in [7, 11) is 0. The molecule has 13 aromatic rings. The largest absolute Gasteiger partial charge is 0.309 e. The van der Waals surface area contributed by atoms with Crippen LogP contribution in [-0.2, 0) is 0 Å². The van der Waals surface area contributed by atoms with Crippen LogP contribution in [0, 0.1) is 0 Å². The maximum Gasteiger partial charge on any atom is 0.0547 e. The SMILES string of the molecule is c1ccc(-c2ccc(-c3c4ccccc4c(-c4ccc5c(c4)c4ccccc4c4cc6c7ccccc7n(-c7ccccc7)c6cc54)c4ccccc34)c3ccccc23)cc1. The minimum atomic E-state index is 1.17. The Balaban J connectivity index is 1.09. The van der Waals surface area contributed by atoms with Crippen LogP contribution >= 0.6 is 0 Å². The van der Waals surface area contributed by atoms with Crippen LogP contribution in [0.4, 0.5) is 0 Å². The van der Waals surface area contributed by atoms with E-state index in [2.05, 4.69) is 229 Å². The predicted octanol–water partition coefficient (Wildman–Crippen LogP) is 16.7. The van der Waals surface area contributed by atoms with Crippen LogP contribution in [0.1, 0.15) is 0 Å². The molecule has 13 rings (SSSR count). The van der Waals surface area contributed by atoms with Gasteiger partial charge in [0.05, 0.1) is 11.0 Å². The standard InChI is InChI=1S/C60H37N/c1-3-17-38(18-4-1)41-33-34-52(43-22-8-7-21-42(41)43)60-50-28-13-11-26-48(50)59(49-27-12-14-29-51(49)60)39-31-32-46-53(35-39)44-23-9-10-24-45(44)54-36-56-47-25-15-16-30-57(47)61(58(56)37-55(46)54)40-19-5-2-6-20-40/h1-37H. The van der Waals surface area contributed by atoms with Gasteiger partial charge >= 0.3 is 0 Å². The van der Waals surface area contributed by atoms with Gasteiger partial charge in [-0.15, -0.1) is 0 Å². The number of hydrogen-bond acceptors (Lipinski definition) is 0. The average Bonchev–Trinajstić information content (AvgIpc) is 3.66. The molecule has 1 heteroatoms. The van der Waals surface area contributed by atoms with Gasteiger partial charge in [-0.2, -0.15) is 0 Å². The van der Waals surface area contributed by atoms with Gasteiger partial charge in [0.2, 0.25) is 0 Å². The Labute approximate surface area is 353 Å². The Morgan fingerprint density at radius 1 is 0.213 bits per heavy atom. The molecule has 0 radical (unpaired) electrons. The molecule has 0 aliphatic rings. The number of benzene rings is 12. The lowest BCUT2D eigenvalue weighted by molar-refractivity contribution is 1.18. The number of hydrogen-bond donors (Lipinski definition) is 0. The number of fused-ring (bicyclic) bond motifs is 12. The van der Waals surface area contributed by atoms with Crippen LogP contribution in [0.5, 0.6) is 0 Å². The zero-order chi connectivity index (χ0) is 40.0. The van der Waals surface area contributed by atoms with Crippen molar-refractivity contribution in [2.75, 3.05) is 0 Å². The number of aromatic nitrogens is 1. The fourth-order valence-corrected chi connectivity index (χ4v) is 10.5. The molecule has 0 saturated carbocycles. The second-order valence-electron chi connectivity index (χ2n) is 16.3. The first-order chi connectivity index (χ1) is 30.3. The average molecular weight is 772 g/mol. The van der Waals surface area contributed by atoms with Crippen LogP contribution in [0.15, 0.2) is 224 Å². The zero-order valence-corrected chi connectivity index (χ0v) is 33.3. The maximum absolute atomic E-state index is 2.46. The van der Waals surface area contributed by atoms with Crippen molar-refractivity contribution < 1.29 is 0 Å². The molecule has 0 fully saturated rings. The van der Waals surface area contributed by atoms with Crippen molar-refractivity contribution in [1.29, 1.82) is 0 Å². The lowest BCUT2D eigenvalue weighted by Gasteiger charge is -2.20. The lowest BCUT2D eigenvalue weighted by atomic mass is 9.83. The van der Waals surface area contributed by atoms with Gasteiger partial charge in [0.1, 0.15) is 0 Å². The van der Waals surface area contributed by atoms with Crippen molar-refractivity contribution in [3.05, 3.63) is 224 Å². The van der Waals surface area contributed by atoms with Crippen LogP contribution in [0.25, 0.3) is 126 Å². The summed E-state index contributed by atoms with van der Waals surface area (Å²) in [6.45, 7) is 0. The Hall–Kier alpha value is -8.00. The highest BCUT2D eigenvalue weighted by molar-refractivity contribution is 6.30. The van der Waals surface area contributed by atoms with E-state index in [1.807, 2.05) is 0 Å². The fraction of sp³-hybridized carbons (Fsp3) is 0. The molecule has 0 aliphatic heterocycles. The minimum absolute atomic E-state index is 1.17. The van der Waals surface area contributed by atoms with E-state index in [1.54, 1.807) is 0 Å². The van der Waals surface area contributed by atoms with Crippen molar-refractivity contribution in [3.63, 3.8) is 0 Å². The second-order valence-corrected chi connectivity index (χ2v) is 16.3. The third-order valence-corrected chi connectivity index (χ3v) is 13.1. The van der Waals surface area contributed by atoms with E-state index in [0.29, 0.717) is 0 Å². The molecule has 0 unspecified atom stereocenters. The fourth-order valence-electron chi connectivity index (χ4n) is 10.5. The molecule has 0 bridgehead atoms. The Morgan fingerprint density at radius 2 is 0.672 bits per heavy atom. The van der Waals surface area contributed by atoms with Gasteiger partial charge in [0.25, 0.3) is 0 Å². The normalized spacial score (nSPS) is 11.9. The van der Waals surface area contributed by atoms with E-state index in [0.717, 1.165) is 0 Å². The third-order valence-electron chi connectivity index (χ3n) is 13.1. The van der Waals surface area contributed by atoms with Gasteiger partial charge in [-0.3, -0.25) is 0 Å². The molecule has 0 spiro atoms. The molecule has 0 atom stereocenters. The molecular formula is C60H37N. The monoisotopic (exact) mass is 771 g/mol. The number of rotatable bonds is 4. The summed E-state index contributed by atoms with van der Waals surface area (Å²) < 4.78 is 2.43. The highest BCUT2D eigenvalue weighted by atomic mass is 15.0. The summed E-state index contributed by atoms with van der Waals surface area (Å²) in [5.41, 5.74) is 11.1. The smallest absolute Gasteiger partial charge is 0.0547 e. The van der Waals surface area contributed by atoms with Crippen molar-refractivity contribution in [2.45, 2.75) is 0 Å². The predicted molar refractivity (Wildman–Crippen MR) is 262 cm³/mol. The topological polar surface area (TPSA) is 4.93 Å². The Morgan fingerprint density at radius 3 is 1.33 bits per heavy atom. The first kappa shape index (κ1) is 33.9. The third kappa shape index (κ3) is 5.02. The summed E-state index contributed by atoms with van der Waals surface area (Å²) in [5, 5.41) is 17.7. The molecule has 1 nitrogen and oxygen atoms in total. The van der Waals surface area contributed by atoms with Gasteiger partial charge < -0.3 is 4.57 Å². The Kier molecular flexibility index (Phi) is 7.37. The number of para-hydroxylation sites is 2. The van der Waals surface area contributed by atoms with Crippen LogP contribution in [0.3, 0.4) is 0 Å². The summed E-state index contributed by atoms with van der Waals surface area (Å²) in [6.07, 6.45) is 0. The maximum atomic E-state index is 2.46. The highest BCUT2D eigenvalue weighted by Crippen LogP contribution is 2.48. The van der Waals surface area contributed by atoms with Crippen molar-refractivity contribution >= 4 is 86.4 Å². The molecule has 0 saturated heterocycles. The van der Waals surface area contributed by atoms with Crippen molar-refractivity contribution in [2.24, 2.45) is 0 Å². The van der Waals surface area contributed by atoms with Crippen LogP contribution in [-0.4, -0.2) is 4.57 Å². The van der Waals surface area contributed by atoms with Gasteiger partial charge in [-0.1, -0.05) is 188 Å². The molecule has 0 amide bonds. The summed E-state index contributed by atoms with van der Waals surface area (Å²) in [6, 6.07) is 83.1. The second kappa shape index (κ2) is 13.3. The number of nitrogens with zero attached hydrogens (tertiary/aromatic N) is 1. The van der Waals surface area contributed by atoms with Crippen LogP contribution < -0.4 is 0 Å². The van der Waals surface area contributed by atoms with Crippen molar-refractivity contribution in [3.8, 4) is 39.1 Å². The molecule has 61 heavy (non-hydrogen) atoms. The zero-order valence-electron chi connectivity index (χ0n) is 33.3. The quantitative estimate of drug-likeness (QED) is 0.124. The Bertz CT molecular complexity index is 3850. The van der Waals surface area contributed by atoms with E-state index < -0.39 is 0 Å². The summed E-state index contributed by atoms with van der Waals surface area (Å²) in [4.78, 5) is 0. The van der Waals surface area contributed by atoms with Gasteiger partial charge in [-0.05, 0) is 134 Å². The van der Waals surface area contributed by atoms with E-state index in [1.165, 1.54) is 126 Å². The minimum Gasteiger partial charge on any atom is -0.309 e. The molecule has 0 N–H and O–H groups in total. The van der Waals surface area contributed by atoms with Crippen molar-refractivity contribution in [1.82, 2.24) is 4.57 Å². The van der Waals surface area contributed by atoms with Crippen LogP contribution in [0.2, 0.25) is 0 Å². The van der Waals surface area contributed by atoms with E-state index in [-0.39, 0.29) is 0 Å². The van der Waals surface area contributed by atoms with Gasteiger partial charge in [-0.25, -0.2) is 0 Å². The molecule has 12 aromatic carbocycles. The summed E-state index contributed by atoms with van der Waals surface area (Å²) in [5.74, 6) is 0.